The van der Waals surface area contributed by atoms with Crippen molar-refractivity contribution in [2.45, 2.75) is 59.2 Å². The van der Waals surface area contributed by atoms with Gasteiger partial charge in [0.25, 0.3) is 0 Å². The van der Waals surface area contributed by atoms with Crippen molar-refractivity contribution < 1.29 is 33.8 Å². The first kappa shape index (κ1) is 29.1. The van der Waals surface area contributed by atoms with Crippen molar-refractivity contribution in [2.75, 3.05) is 31.3 Å². The number of carbonyl (C=O) groups is 4. The molecule has 31 heavy (non-hydrogen) atoms. The highest BCUT2D eigenvalue weighted by molar-refractivity contribution is 7.99. The average Bonchev–Trinajstić information content (AvgIpc) is 2.70. The van der Waals surface area contributed by atoms with Crippen LogP contribution in [0.5, 0.6) is 0 Å². The zero-order valence-electron chi connectivity index (χ0n) is 19.0. The van der Waals surface area contributed by atoms with Crippen molar-refractivity contribution in [1.29, 1.82) is 0 Å². The third-order valence-corrected chi connectivity index (χ3v) is 5.22. The van der Waals surface area contributed by atoms with Crippen LogP contribution in [-0.4, -0.2) is 78.3 Å². The van der Waals surface area contributed by atoms with Crippen molar-refractivity contribution >= 4 is 35.5 Å². The summed E-state index contributed by atoms with van der Waals surface area (Å²) in [5.74, 6) is -1.73. The zero-order valence-corrected chi connectivity index (χ0v) is 19.8. The quantitative estimate of drug-likeness (QED) is 0.242. The molecule has 0 aromatic carbocycles. The summed E-state index contributed by atoms with van der Waals surface area (Å²) in [5.41, 5.74) is 5.88. The average molecular weight is 464 g/mol. The molecule has 3 atom stereocenters. The molecule has 0 spiro atoms. The summed E-state index contributed by atoms with van der Waals surface area (Å²) in [5, 5.41) is 14.2. The van der Waals surface area contributed by atoms with Crippen molar-refractivity contribution in [1.82, 2.24) is 10.6 Å². The van der Waals surface area contributed by atoms with Gasteiger partial charge in [0.2, 0.25) is 11.8 Å². The molecule has 180 valence electrons. The maximum atomic E-state index is 12.2. The molecule has 3 unspecified atom stereocenters. The van der Waals surface area contributed by atoms with E-state index in [4.69, 9.17) is 15.2 Å². The Balaban J connectivity index is 4.63. The predicted octanol–water partition coefficient (Wildman–Crippen LogP) is -0.183. The SMILES string of the molecule is CCNC(=O)C(CO)NC(=O)C(N)CSCC(CCOC(=O)C(C)C)OC(=O)C(C)C. The van der Waals surface area contributed by atoms with Gasteiger partial charge in [-0.2, -0.15) is 11.8 Å². The molecule has 0 aliphatic rings. The van der Waals surface area contributed by atoms with E-state index in [9.17, 15) is 24.3 Å². The van der Waals surface area contributed by atoms with Gasteiger partial charge in [0.05, 0.1) is 31.1 Å². The molecule has 0 radical (unpaired) electrons. The highest BCUT2D eigenvalue weighted by Crippen LogP contribution is 2.13. The zero-order chi connectivity index (χ0) is 24.0. The van der Waals surface area contributed by atoms with Crippen LogP contribution in [0.4, 0.5) is 0 Å². The topological polar surface area (TPSA) is 157 Å². The lowest BCUT2D eigenvalue weighted by molar-refractivity contribution is -0.154. The first-order chi connectivity index (χ1) is 14.5. The van der Waals surface area contributed by atoms with Gasteiger partial charge in [0.1, 0.15) is 12.1 Å². The third kappa shape index (κ3) is 12.6. The molecule has 0 fully saturated rings. The van der Waals surface area contributed by atoms with Crippen LogP contribution in [-0.2, 0) is 28.7 Å². The summed E-state index contributed by atoms with van der Waals surface area (Å²) >= 11 is 1.30. The molecule has 0 aliphatic heterocycles. The molecule has 5 N–H and O–H groups in total. The standard InChI is InChI=1S/C20H37N3O7S/c1-6-22-18(26)16(9-24)23-17(25)15(21)11-31-10-14(30-20(28)13(4)5)7-8-29-19(27)12(2)3/h12-16,24H,6-11,21H2,1-5H3,(H,22,26)(H,23,25). The minimum absolute atomic E-state index is 0.116. The normalized spacial score (nSPS) is 14.0. The second kappa shape index (κ2) is 15.9. The number of aliphatic hydroxyl groups is 1. The van der Waals surface area contributed by atoms with Gasteiger partial charge in [0, 0.05) is 24.5 Å². The Morgan fingerprint density at radius 2 is 1.61 bits per heavy atom. The van der Waals surface area contributed by atoms with Crippen LogP contribution in [0, 0.1) is 11.8 Å². The summed E-state index contributed by atoms with van der Waals surface area (Å²) in [6.45, 7) is 8.57. The van der Waals surface area contributed by atoms with Crippen molar-refractivity contribution in [3.63, 3.8) is 0 Å². The van der Waals surface area contributed by atoms with E-state index in [-0.39, 0.29) is 36.1 Å². The molecule has 0 saturated heterocycles. The highest BCUT2D eigenvalue weighted by atomic mass is 32.2. The van der Waals surface area contributed by atoms with E-state index in [2.05, 4.69) is 10.6 Å². The molecule has 11 heteroatoms. The number of rotatable bonds is 15. The smallest absolute Gasteiger partial charge is 0.308 e. The molecule has 0 aromatic rings. The predicted molar refractivity (Wildman–Crippen MR) is 118 cm³/mol. The number of nitrogens with one attached hydrogen (secondary N) is 2. The number of esters is 2. The van der Waals surface area contributed by atoms with Gasteiger partial charge < -0.3 is 30.9 Å². The van der Waals surface area contributed by atoms with Crippen LogP contribution in [0.2, 0.25) is 0 Å². The lowest BCUT2D eigenvalue weighted by Crippen LogP contribution is -2.53. The van der Waals surface area contributed by atoms with E-state index in [0.29, 0.717) is 18.7 Å². The van der Waals surface area contributed by atoms with Crippen LogP contribution in [0.25, 0.3) is 0 Å². The first-order valence-electron chi connectivity index (χ1n) is 10.4. The van der Waals surface area contributed by atoms with E-state index < -0.39 is 36.6 Å². The van der Waals surface area contributed by atoms with Crippen LogP contribution in [0.15, 0.2) is 0 Å². The van der Waals surface area contributed by atoms with Gasteiger partial charge in [-0.05, 0) is 6.92 Å². The largest absolute Gasteiger partial charge is 0.465 e. The highest BCUT2D eigenvalue weighted by Gasteiger charge is 2.24. The fourth-order valence-corrected chi connectivity index (χ4v) is 3.15. The Labute approximate surface area is 188 Å². The van der Waals surface area contributed by atoms with Gasteiger partial charge in [-0.25, -0.2) is 0 Å². The minimum atomic E-state index is -1.07. The number of thioether (sulfide) groups is 1. The molecule has 0 aromatic heterocycles. The fourth-order valence-electron chi connectivity index (χ4n) is 2.11. The van der Waals surface area contributed by atoms with Gasteiger partial charge in [-0.3, -0.25) is 19.2 Å². The number of hydrogen-bond acceptors (Lipinski definition) is 9. The maximum absolute atomic E-state index is 12.2. The molecule has 0 rings (SSSR count). The third-order valence-electron chi connectivity index (χ3n) is 4.01. The molecular weight excluding hydrogens is 426 g/mol. The molecule has 0 saturated carbocycles. The van der Waals surface area contributed by atoms with Gasteiger partial charge in [-0.15, -0.1) is 0 Å². The van der Waals surface area contributed by atoms with E-state index >= 15 is 0 Å². The molecule has 0 heterocycles. The minimum Gasteiger partial charge on any atom is -0.465 e. The van der Waals surface area contributed by atoms with E-state index in [0.717, 1.165) is 0 Å². The molecule has 0 aliphatic carbocycles. The molecule has 0 bridgehead atoms. The van der Waals surface area contributed by atoms with Gasteiger partial charge in [-0.1, -0.05) is 27.7 Å². The first-order valence-corrected chi connectivity index (χ1v) is 11.6. The van der Waals surface area contributed by atoms with Crippen LogP contribution >= 0.6 is 11.8 Å². The van der Waals surface area contributed by atoms with Crippen LogP contribution < -0.4 is 16.4 Å². The number of nitrogens with two attached hydrogens (primary N) is 1. The van der Waals surface area contributed by atoms with Crippen LogP contribution in [0.3, 0.4) is 0 Å². The fraction of sp³-hybridized carbons (Fsp3) is 0.800. The Bertz CT molecular complexity index is 587. The lowest BCUT2D eigenvalue weighted by Gasteiger charge is -2.21. The van der Waals surface area contributed by atoms with Gasteiger partial charge >= 0.3 is 11.9 Å². The summed E-state index contributed by atoms with van der Waals surface area (Å²) in [4.78, 5) is 47.5. The number of aliphatic hydroxyl groups excluding tert-OH is 1. The Kier molecular flexibility index (Phi) is 14.9. The lowest BCUT2D eigenvalue weighted by atomic mass is 10.2. The number of ether oxygens (including phenoxy) is 2. The molecule has 2 amide bonds. The van der Waals surface area contributed by atoms with E-state index in [1.165, 1.54) is 11.8 Å². The van der Waals surface area contributed by atoms with Gasteiger partial charge in [0.15, 0.2) is 0 Å². The second-order valence-electron chi connectivity index (χ2n) is 7.61. The summed E-state index contributed by atoms with van der Waals surface area (Å²) in [6.07, 6.45) is -0.176. The van der Waals surface area contributed by atoms with Crippen molar-refractivity contribution in [3.8, 4) is 0 Å². The number of amides is 2. The van der Waals surface area contributed by atoms with Crippen molar-refractivity contribution in [2.24, 2.45) is 17.6 Å². The van der Waals surface area contributed by atoms with Crippen molar-refractivity contribution in [3.05, 3.63) is 0 Å². The number of likely N-dealkylation sites (N-methyl/N-ethyl adjacent to an activating group) is 1. The molecule has 10 nitrogen and oxygen atoms in total. The monoisotopic (exact) mass is 463 g/mol. The van der Waals surface area contributed by atoms with Crippen LogP contribution in [0.1, 0.15) is 41.0 Å². The Morgan fingerprint density at radius 3 is 2.13 bits per heavy atom. The number of hydrogen-bond donors (Lipinski definition) is 4. The summed E-state index contributed by atoms with van der Waals surface area (Å²) < 4.78 is 10.6. The number of carbonyl (C=O) groups excluding carboxylic acids is 4. The molecular formula is C20H37N3O7S. The summed E-state index contributed by atoms with van der Waals surface area (Å²) in [7, 11) is 0. The Morgan fingerprint density at radius 1 is 1.00 bits per heavy atom. The second-order valence-corrected chi connectivity index (χ2v) is 8.68. The maximum Gasteiger partial charge on any atom is 0.308 e. The Hall–Kier alpha value is -1.85. The van der Waals surface area contributed by atoms with E-state index in [1.807, 2.05) is 0 Å². The van der Waals surface area contributed by atoms with E-state index in [1.54, 1.807) is 34.6 Å². The summed E-state index contributed by atoms with van der Waals surface area (Å²) in [6, 6.07) is -1.99.